The van der Waals surface area contributed by atoms with Crippen LogP contribution in [0.15, 0.2) is 58.2 Å². The Hall–Kier alpha value is -1.38. The predicted molar refractivity (Wildman–Crippen MR) is 141 cm³/mol. The standard InChI is InChI=1S/C30H50O2/c1-24(15-10-17-26(3)18-12-20-28(5)23-31)13-8-9-14-25(2)16-11-19-27(4)21-22-29-30(6,7)32-29/h13-14,17,19-20,29,31H,8-12,15-16,18,21-23H2,1-7H3/b24-13+,25-14+,26-17+,27-19+,28-20-. The lowest BCUT2D eigenvalue weighted by atomic mass is 10.0. The fraction of sp³-hybridized carbons (Fsp3) is 0.667. The van der Waals surface area contributed by atoms with Gasteiger partial charge >= 0.3 is 0 Å². The van der Waals surface area contributed by atoms with E-state index in [9.17, 15) is 0 Å². The summed E-state index contributed by atoms with van der Waals surface area (Å²) in [5.74, 6) is 0. The molecule has 0 bridgehead atoms. The molecule has 0 aromatic rings. The molecule has 1 fully saturated rings. The van der Waals surface area contributed by atoms with E-state index in [2.05, 4.69) is 71.9 Å². The van der Waals surface area contributed by atoms with E-state index in [1.54, 1.807) is 0 Å². The smallest absolute Gasteiger partial charge is 0.0892 e. The molecule has 1 heterocycles. The fourth-order valence-electron chi connectivity index (χ4n) is 3.87. The van der Waals surface area contributed by atoms with Gasteiger partial charge in [0, 0.05) is 0 Å². The molecule has 1 saturated heterocycles. The molecule has 2 heteroatoms. The summed E-state index contributed by atoms with van der Waals surface area (Å²) in [6, 6.07) is 0. The van der Waals surface area contributed by atoms with Gasteiger partial charge in [0.1, 0.15) is 0 Å². The molecule has 0 radical (unpaired) electrons. The summed E-state index contributed by atoms with van der Waals surface area (Å²) < 4.78 is 5.67. The Bertz CT molecular complexity index is 700. The van der Waals surface area contributed by atoms with E-state index >= 15 is 0 Å². The molecule has 0 aromatic heterocycles. The van der Waals surface area contributed by atoms with Crippen LogP contribution in [0.3, 0.4) is 0 Å². The largest absolute Gasteiger partial charge is 0.392 e. The van der Waals surface area contributed by atoms with Gasteiger partial charge in [-0.3, -0.25) is 0 Å². The molecule has 1 unspecified atom stereocenters. The third kappa shape index (κ3) is 13.9. The number of rotatable bonds is 16. The van der Waals surface area contributed by atoms with E-state index in [0.29, 0.717) is 6.10 Å². The first kappa shape index (κ1) is 28.7. The van der Waals surface area contributed by atoms with E-state index in [1.807, 2.05) is 6.92 Å². The molecule has 1 atom stereocenters. The van der Waals surface area contributed by atoms with Crippen molar-refractivity contribution >= 4 is 0 Å². The molecule has 1 aliphatic heterocycles. The van der Waals surface area contributed by atoms with Crippen molar-refractivity contribution in [2.75, 3.05) is 6.61 Å². The van der Waals surface area contributed by atoms with E-state index in [-0.39, 0.29) is 12.2 Å². The molecule has 1 rings (SSSR count). The topological polar surface area (TPSA) is 32.8 Å². The minimum Gasteiger partial charge on any atom is -0.392 e. The van der Waals surface area contributed by atoms with Crippen molar-refractivity contribution in [1.82, 2.24) is 0 Å². The van der Waals surface area contributed by atoms with Gasteiger partial charge in [0.2, 0.25) is 0 Å². The lowest BCUT2D eigenvalue weighted by molar-refractivity contribution is 0.320. The lowest BCUT2D eigenvalue weighted by Gasteiger charge is -2.03. The number of hydrogen-bond acceptors (Lipinski definition) is 2. The third-order valence-electron chi connectivity index (χ3n) is 6.46. The number of epoxide rings is 1. The van der Waals surface area contributed by atoms with Crippen LogP contribution >= 0.6 is 0 Å². The van der Waals surface area contributed by atoms with Crippen LogP contribution in [0.5, 0.6) is 0 Å². The SMILES string of the molecule is C/C(=C/CC/C(C)=C/CC/C(C)=C/CC/C=C(\C)CC/C=C(\C)CCC1OC1(C)C)CO. The van der Waals surface area contributed by atoms with Crippen LogP contribution < -0.4 is 0 Å². The van der Waals surface area contributed by atoms with Gasteiger partial charge in [-0.05, 0) is 113 Å². The highest BCUT2D eigenvalue weighted by Crippen LogP contribution is 2.38. The van der Waals surface area contributed by atoms with Crippen molar-refractivity contribution in [1.29, 1.82) is 0 Å². The van der Waals surface area contributed by atoms with Gasteiger partial charge in [-0.1, -0.05) is 58.2 Å². The van der Waals surface area contributed by atoms with Crippen LogP contribution in [0.2, 0.25) is 0 Å². The summed E-state index contributed by atoms with van der Waals surface area (Å²) in [5, 5.41) is 9.03. The Morgan fingerprint density at radius 2 is 0.969 bits per heavy atom. The molecule has 0 aliphatic carbocycles. The van der Waals surface area contributed by atoms with Crippen molar-refractivity contribution in [3.05, 3.63) is 58.2 Å². The first-order chi connectivity index (χ1) is 15.1. The van der Waals surface area contributed by atoms with Gasteiger partial charge in [0.05, 0.1) is 18.3 Å². The molecule has 182 valence electrons. The van der Waals surface area contributed by atoms with E-state index in [0.717, 1.165) is 63.4 Å². The highest BCUT2D eigenvalue weighted by atomic mass is 16.6. The average Bonchev–Trinajstić information content (AvgIpc) is 3.36. The van der Waals surface area contributed by atoms with E-state index in [1.165, 1.54) is 28.7 Å². The Balaban J connectivity index is 2.16. The van der Waals surface area contributed by atoms with Gasteiger partial charge in [-0.15, -0.1) is 0 Å². The van der Waals surface area contributed by atoms with E-state index in [4.69, 9.17) is 9.84 Å². The van der Waals surface area contributed by atoms with Crippen molar-refractivity contribution in [2.45, 2.75) is 124 Å². The second-order valence-corrected chi connectivity index (χ2v) is 10.4. The summed E-state index contributed by atoms with van der Waals surface area (Å²) in [6.07, 6.45) is 23.5. The summed E-state index contributed by atoms with van der Waals surface area (Å²) in [7, 11) is 0. The van der Waals surface area contributed by atoms with Crippen molar-refractivity contribution < 1.29 is 9.84 Å². The average molecular weight is 443 g/mol. The van der Waals surface area contributed by atoms with Crippen molar-refractivity contribution in [3.8, 4) is 0 Å². The summed E-state index contributed by atoms with van der Waals surface area (Å²) >= 11 is 0. The molecule has 1 aliphatic rings. The van der Waals surface area contributed by atoms with Gasteiger partial charge in [-0.2, -0.15) is 0 Å². The zero-order chi connectivity index (χ0) is 24.0. The molecule has 2 nitrogen and oxygen atoms in total. The van der Waals surface area contributed by atoms with Crippen molar-refractivity contribution in [2.24, 2.45) is 0 Å². The van der Waals surface area contributed by atoms with Crippen molar-refractivity contribution in [3.63, 3.8) is 0 Å². The number of allylic oxidation sites excluding steroid dienone is 9. The first-order valence-electron chi connectivity index (χ1n) is 12.7. The predicted octanol–water partition coefficient (Wildman–Crippen LogP) is 8.79. The number of hydrogen-bond donors (Lipinski definition) is 1. The monoisotopic (exact) mass is 442 g/mol. The minimum absolute atomic E-state index is 0.125. The highest BCUT2D eigenvalue weighted by molar-refractivity contribution is 5.08. The Labute approximate surface area is 199 Å². The highest BCUT2D eigenvalue weighted by Gasteiger charge is 2.46. The van der Waals surface area contributed by atoms with Gasteiger partial charge < -0.3 is 9.84 Å². The van der Waals surface area contributed by atoms with E-state index < -0.39 is 0 Å². The van der Waals surface area contributed by atoms with Crippen LogP contribution in [0, 0.1) is 0 Å². The minimum atomic E-state index is 0.125. The number of unbranched alkanes of at least 4 members (excludes halogenated alkanes) is 1. The van der Waals surface area contributed by atoms with Crippen LogP contribution in [0.4, 0.5) is 0 Å². The van der Waals surface area contributed by atoms with Gasteiger partial charge in [0.25, 0.3) is 0 Å². The molecular formula is C30H50O2. The summed E-state index contributed by atoms with van der Waals surface area (Å²) in [4.78, 5) is 0. The number of aliphatic hydroxyl groups is 1. The number of aliphatic hydroxyl groups excluding tert-OH is 1. The third-order valence-corrected chi connectivity index (χ3v) is 6.46. The molecular weight excluding hydrogens is 392 g/mol. The first-order valence-corrected chi connectivity index (χ1v) is 12.7. The molecule has 0 spiro atoms. The van der Waals surface area contributed by atoms with Crippen LogP contribution in [0.1, 0.15) is 113 Å². The molecule has 0 amide bonds. The Kier molecular flexibility index (Phi) is 13.8. The Morgan fingerprint density at radius 3 is 1.34 bits per heavy atom. The number of ether oxygens (including phenoxy) is 1. The van der Waals surface area contributed by atoms with Crippen LogP contribution in [0.25, 0.3) is 0 Å². The zero-order valence-corrected chi connectivity index (χ0v) is 22.1. The lowest BCUT2D eigenvalue weighted by Crippen LogP contribution is -2.02. The maximum Gasteiger partial charge on any atom is 0.0892 e. The fourth-order valence-corrected chi connectivity index (χ4v) is 3.87. The normalized spacial score (nSPS) is 20.1. The maximum atomic E-state index is 9.03. The maximum absolute atomic E-state index is 9.03. The summed E-state index contributed by atoms with van der Waals surface area (Å²) in [6.45, 7) is 15.5. The molecule has 0 aromatic carbocycles. The van der Waals surface area contributed by atoms with Gasteiger partial charge in [-0.25, -0.2) is 0 Å². The Morgan fingerprint density at radius 1 is 0.625 bits per heavy atom. The molecule has 0 saturated carbocycles. The zero-order valence-electron chi connectivity index (χ0n) is 22.1. The second kappa shape index (κ2) is 15.5. The van der Waals surface area contributed by atoms with Gasteiger partial charge in [0.15, 0.2) is 0 Å². The second-order valence-electron chi connectivity index (χ2n) is 10.4. The van der Waals surface area contributed by atoms with Crippen LogP contribution in [-0.2, 0) is 4.74 Å². The quantitative estimate of drug-likeness (QED) is 0.147. The molecule has 32 heavy (non-hydrogen) atoms. The van der Waals surface area contributed by atoms with Crippen LogP contribution in [-0.4, -0.2) is 23.4 Å². The molecule has 1 N–H and O–H groups in total. The summed E-state index contributed by atoms with van der Waals surface area (Å²) in [5.41, 5.74) is 7.15.